The van der Waals surface area contributed by atoms with Crippen molar-refractivity contribution in [3.05, 3.63) is 0 Å². The summed E-state index contributed by atoms with van der Waals surface area (Å²) in [6.45, 7) is 3.51. The van der Waals surface area contributed by atoms with Crippen molar-refractivity contribution in [3.8, 4) is 0 Å². The van der Waals surface area contributed by atoms with E-state index in [1.165, 1.54) is 13.8 Å². The standard InChI is InChI=1S/C5H11O4P/c1-5(2,4-3-9-4)10(6,7)8/h4H,3H2,1-2H3,(H2,6,7,8). The average Bonchev–Trinajstić information content (AvgIpc) is 2.38. The highest BCUT2D eigenvalue weighted by atomic mass is 31.2. The van der Waals surface area contributed by atoms with E-state index in [2.05, 4.69) is 0 Å². The molecule has 0 amide bonds. The maximum absolute atomic E-state index is 10.7. The normalized spacial score (nSPS) is 26.6. The second kappa shape index (κ2) is 2.05. The van der Waals surface area contributed by atoms with Crippen molar-refractivity contribution < 1.29 is 19.1 Å². The van der Waals surface area contributed by atoms with Gasteiger partial charge in [0.1, 0.15) is 0 Å². The van der Waals surface area contributed by atoms with Gasteiger partial charge >= 0.3 is 7.60 Å². The van der Waals surface area contributed by atoms with Crippen LogP contribution in [0.3, 0.4) is 0 Å². The third kappa shape index (κ3) is 1.25. The number of hydrogen-bond acceptors (Lipinski definition) is 2. The van der Waals surface area contributed by atoms with Crippen LogP contribution in [0.15, 0.2) is 0 Å². The van der Waals surface area contributed by atoms with Gasteiger partial charge < -0.3 is 14.5 Å². The summed E-state index contributed by atoms with van der Waals surface area (Å²) in [5.41, 5.74) is 0. The summed E-state index contributed by atoms with van der Waals surface area (Å²) in [4.78, 5) is 17.6. The summed E-state index contributed by atoms with van der Waals surface area (Å²) in [6.07, 6.45) is -0.256. The van der Waals surface area contributed by atoms with Gasteiger partial charge in [-0.15, -0.1) is 0 Å². The lowest BCUT2D eigenvalue weighted by Crippen LogP contribution is -2.27. The molecule has 0 aliphatic carbocycles. The molecule has 10 heavy (non-hydrogen) atoms. The van der Waals surface area contributed by atoms with Crippen molar-refractivity contribution in [2.75, 3.05) is 6.61 Å². The first-order valence-corrected chi connectivity index (χ1v) is 4.64. The molecule has 0 aromatic heterocycles. The lowest BCUT2D eigenvalue weighted by atomic mass is 10.1. The number of rotatable bonds is 2. The fraction of sp³-hybridized carbons (Fsp3) is 1.00. The summed E-state index contributed by atoms with van der Waals surface area (Å²) in [7, 11) is -3.99. The van der Waals surface area contributed by atoms with Crippen LogP contribution in [-0.4, -0.2) is 27.7 Å². The van der Waals surface area contributed by atoms with Crippen LogP contribution in [-0.2, 0) is 9.30 Å². The van der Waals surface area contributed by atoms with Crippen LogP contribution in [0.1, 0.15) is 13.8 Å². The molecule has 0 radical (unpaired) electrons. The molecule has 1 aliphatic heterocycles. The molecule has 4 nitrogen and oxygen atoms in total. The van der Waals surface area contributed by atoms with Gasteiger partial charge in [0.2, 0.25) is 0 Å². The van der Waals surface area contributed by atoms with E-state index in [-0.39, 0.29) is 6.10 Å². The van der Waals surface area contributed by atoms with Crippen LogP contribution < -0.4 is 0 Å². The first-order chi connectivity index (χ1) is 4.36. The highest BCUT2D eigenvalue weighted by Gasteiger charge is 2.51. The van der Waals surface area contributed by atoms with Crippen LogP contribution in [0.25, 0.3) is 0 Å². The SMILES string of the molecule is CC(C)(C1CO1)P(=O)(O)O. The molecule has 1 fully saturated rings. The molecule has 0 saturated carbocycles. The van der Waals surface area contributed by atoms with Crippen molar-refractivity contribution in [1.82, 2.24) is 0 Å². The van der Waals surface area contributed by atoms with E-state index in [0.29, 0.717) is 6.61 Å². The summed E-state index contributed by atoms with van der Waals surface area (Å²) in [5, 5.41) is -1.01. The Morgan fingerprint density at radius 3 is 2.10 bits per heavy atom. The first-order valence-electron chi connectivity index (χ1n) is 3.03. The average molecular weight is 166 g/mol. The topological polar surface area (TPSA) is 70.1 Å². The Morgan fingerprint density at radius 2 is 2.00 bits per heavy atom. The second-order valence-corrected chi connectivity index (χ2v) is 5.26. The monoisotopic (exact) mass is 166 g/mol. The van der Waals surface area contributed by atoms with Crippen LogP contribution >= 0.6 is 7.60 Å². The molecule has 0 aromatic carbocycles. The van der Waals surface area contributed by atoms with E-state index < -0.39 is 12.8 Å². The number of epoxide rings is 1. The van der Waals surface area contributed by atoms with E-state index in [0.717, 1.165) is 0 Å². The van der Waals surface area contributed by atoms with Gasteiger partial charge in [-0.2, -0.15) is 0 Å². The molecular weight excluding hydrogens is 155 g/mol. The van der Waals surface area contributed by atoms with E-state index in [1.807, 2.05) is 0 Å². The van der Waals surface area contributed by atoms with Gasteiger partial charge in [0, 0.05) is 0 Å². The third-order valence-electron chi connectivity index (χ3n) is 1.87. The van der Waals surface area contributed by atoms with Crippen molar-refractivity contribution in [2.45, 2.75) is 25.1 Å². The molecular formula is C5H11O4P. The summed E-state index contributed by atoms with van der Waals surface area (Å²) in [5.74, 6) is 0. The van der Waals surface area contributed by atoms with Gasteiger partial charge in [0.15, 0.2) is 0 Å². The van der Waals surface area contributed by atoms with Crippen molar-refractivity contribution in [2.24, 2.45) is 0 Å². The van der Waals surface area contributed by atoms with E-state index >= 15 is 0 Å². The molecule has 1 aliphatic rings. The zero-order chi connectivity index (χ0) is 7.99. The van der Waals surface area contributed by atoms with Crippen molar-refractivity contribution in [3.63, 3.8) is 0 Å². The zero-order valence-corrected chi connectivity index (χ0v) is 6.84. The van der Waals surface area contributed by atoms with Crippen molar-refractivity contribution in [1.29, 1.82) is 0 Å². The smallest absolute Gasteiger partial charge is 0.333 e. The van der Waals surface area contributed by atoms with Crippen LogP contribution in [0.4, 0.5) is 0 Å². The Bertz CT molecular complexity index is 178. The van der Waals surface area contributed by atoms with Gasteiger partial charge in [-0.1, -0.05) is 0 Å². The molecule has 1 atom stereocenters. The van der Waals surface area contributed by atoms with Crippen LogP contribution in [0, 0.1) is 0 Å². The minimum atomic E-state index is -3.99. The zero-order valence-electron chi connectivity index (χ0n) is 5.94. The second-order valence-electron chi connectivity index (χ2n) is 3.02. The Hall–Kier alpha value is 0.110. The maximum Gasteiger partial charge on any atom is 0.333 e. The van der Waals surface area contributed by atoms with Gasteiger partial charge in [-0.3, -0.25) is 4.57 Å². The van der Waals surface area contributed by atoms with E-state index in [4.69, 9.17) is 14.5 Å². The molecule has 2 N–H and O–H groups in total. The Labute approximate surface area is 59.4 Å². The molecule has 1 unspecified atom stereocenters. The Balaban J connectivity index is 2.76. The quantitative estimate of drug-likeness (QED) is 0.458. The molecule has 5 heteroatoms. The fourth-order valence-corrected chi connectivity index (χ4v) is 1.17. The van der Waals surface area contributed by atoms with Crippen molar-refractivity contribution >= 4 is 7.60 Å². The summed E-state index contributed by atoms with van der Waals surface area (Å²) >= 11 is 0. The minimum Gasteiger partial charge on any atom is -0.372 e. The minimum absolute atomic E-state index is 0.256. The summed E-state index contributed by atoms with van der Waals surface area (Å²) in [6, 6.07) is 0. The molecule has 1 saturated heterocycles. The molecule has 1 rings (SSSR count). The molecule has 60 valence electrons. The molecule has 1 heterocycles. The molecule has 0 aromatic rings. The highest BCUT2D eigenvalue weighted by Crippen LogP contribution is 2.55. The number of hydrogen-bond donors (Lipinski definition) is 2. The van der Waals surface area contributed by atoms with E-state index in [1.54, 1.807) is 0 Å². The largest absolute Gasteiger partial charge is 0.372 e. The van der Waals surface area contributed by atoms with Gasteiger partial charge in [-0.25, -0.2) is 0 Å². The predicted octanol–water partition coefficient (Wildman–Crippen LogP) is 0.341. The van der Waals surface area contributed by atoms with Gasteiger partial charge in [0.25, 0.3) is 0 Å². The maximum atomic E-state index is 10.7. The van der Waals surface area contributed by atoms with E-state index in [9.17, 15) is 4.57 Å². The lowest BCUT2D eigenvalue weighted by molar-refractivity contribution is 0.296. The first kappa shape index (κ1) is 8.21. The fourth-order valence-electron chi connectivity index (χ4n) is 0.644. The van der Waals surface area contributed by atoms with Gasteiger partial charge in [-0.05, 0) is 13.8 Å². The lowest BCUT2D eigenvalue weighted by Gasteiger charge is -2.22. The van der Waals surface area contributed by atoms with Gasteiger partial charge in [0.05, 0.1) is 17.9 Å². The third-order valence-corrected chi connectivity index (χ3v) is 3.66. The molecule has 0 spiro atoms. The molecule has 0 bridgehead atoms. The van der Waals surface area contributed by atoms with Crippen LogP contribution in [0.5, 0.6) is 0 Å². The number of ether oxygens (including phenoxy) is 1. The van der Waals surface area contributed by atoms with Crippen LogP contribution in [0.2, 0.25) is 0 Å². The predicted molar refractivity (Wildman–Crippen MR) is 35.9 cm³/mol. The summed E-state index contributed by atoms with van der Waals surface area (Å²) < 4.78 is 15.6. The highest BCUT2D eigenvalue weighted by molar-refractivity contribution is 7.53. The Morgan fingerprint density at radius 1 is 1.60 bits per heavy atom. The Kier molecular flexibility index (Phi) is 1.68.